The van der Waals surface area contributed by atoms with Crippen molar-refractivity contribution in [2.24, 2.45) is 0 Å². The molecule has 6 nitrogen and oxygen atoms in total. The number of pyridine rings is 1. The molecule has 0 aliphatic carbocycles. The van der Waals surface area contributed by atoms with E-state index in [0.29, 0.717) is 22.0 Å². The predicted molar refractivity (Wildman–Crippen MR) is 72.3 cm³/mol. The van der Waals surface area contributed by atoms with Crippen LogP contribution in [-0.2, 0) is 4.79 Å². The van der Waals surface area contributed by atoms with E-state index in [1.165, 1.54) is 12.3 Å². The lowest BCUT2D eigenvalue weighted by molar-refractivity contribution is -0.135. The monoisotopic (exact) mass is 274 g/mol. The van der Waals surface area contributed by atoms with E-state index in [1.54, 1.807) is 25.1 Å². The van der Waals surface area contributed by atoms with Gasteiger partial charge in [0.2, 0.25) is 0 Å². The second-order valence-electron chi connectivity index (χ2n) is 4.39. The molecule has 1 atom stereocenters. The summed E-state index contributed by atoms with van der Waals surface area (Å²) in [5.41, 5.74) is 1.61. The Morgan fingerprint density at radius 1 is 1.35 bits per heavy atom. The Balaban J connectivity index is 2.44. The van der Waals surface area contributed by atoms with Gasteiger partial charge in [-0.15, -0.1) is 0 Å². The third-order valence-electron chi connectivity index (χ3n) is 2.89. The van der Waals surface area contributed by atoms with Crippen molar-refractivity contribution in [3.05, 3.63) is 41.6 Å². The van der Waals surface area contributed by atoms with Crippen LogP contribution < -0.4 is 5.32 Å². The molecule has 2 rings (SSSR count). The number of aliphatic hydroxyl groups is 1. The number of carboxylic acid groups (broad SMARTS) is 1. The van der Waals surface area contributed by atoms with Crippen LogP contribution in [0.3, 0.4) is 0 Å². The maximum absolute atomic E-state index is 12.0. The third-order valence-corrected chi connectivity index (χ3v) is 2.89. The van der Waals surface area contributed by atoms with E-state index in [1.807, 2.05) is 0 Å². The van der Waals surface area contributed by atoms with Gasteiger partial charge in [-0.3, -0.25) is 14.6 Å². The molecule has 104 valence electrons. The van der Waals surface area contributed by atoms with Crippen LogP contribution in [0.4, 0.5) is 0 Å². The Hall–Kier alpha value is -2.47. The second kappa shape index (κ2) is 5.66. The van der Waals surface area contributed by atoms with Gasteiger partial charge in [0.25, 0.3) is 5.91 Å². The standard InChI is InChI=1S/C14H14N2O4/c1-8(17)9-2-3-12-11(6-9)10(4-5-15-12)14(20)16-7-13(18)19/h2-6,8,17H,7H2,1H3,(H,16,20)(H,18,19). The zero-order valence-corrected chi connectivity index (χ0v) is 10.8. The quantitative estimate of drug-likeness (QED) is 0.775. The van der Waals surface area contributed by atoms with Crippen LogP contribution in [-0.4, -0.2) is 33.6 Å². The van der Waals surface area contributed by atoms with Crippen molar-refractivity contribution < 1.29 is 19.8 Å². The topological polar surface area (TPSA) is 99.5 Å². The van der Waals surface area contributed by atoms with E-state index < -0.39 is 24.5 Å². The van der Waals surface area contributed by atoms with Gasteiger partial charge in [0.05, 0.1) is 17.2 Å². The number of benzene rings is 1. The number of carbonyl (C=O) groups is 2. The molecule has 0 aliphatic heterocycles. The number of aliphatic hydroxyl groups excluding tert-OH is 1. The Kier molecular flexibility index (Phi) is 3.95. The molecular weight excluding hydrogens is 260 g/mol. The zero-order chi connectivity index (χ0) is 14.7. The molecule has 6 heteroatoms. The number of hydrogen-bond donors (Lipinski definition) is 3. The Labute approximate surface area is 115 Å². The highest BCUT2D eigenvalue weighted by atomic mass is 16.4. The summed E-state index contributed by atoms with van der Waals surface area (Å²) in [4.78, 5) is 26.6. The van der Waals surface area contributed by atoms with Crippen LogP contribution in [0.1, 0.15) is 28.9 Å². The van der Waals surface area contributed by atoms with Crippen molar-refractivity contribution in [3.8, 4) is 0 Å². The number of nitrogens with one attached hydrogen (secondary N) is 1. The lowest BCUT2D eigenvalue weighted by Gasteiger charge is -2.09. The fourth-order valence-electron chi connectivity index (χ4n) is 1.87. The van der Waals surface area contributed by atoms with Gasteiger partial charge in [-0.05, 0) is 30.7 Å². The first-order chi connectivity index (χ1) is 9.49. The molecule has 0 bridgehead atoms. The van der Waals surface area contributed by atoms with Crippen molar-refractivity contribution in [1.82, 2.24) is 10.3 Å². The highest BCUT2D eigenvalue weighted by molar-refractivity contribution is 6.06. The van der Waals surface area contributed by atoms with E-state index in [2.05, 4.69) is 10.3 Å². The molecule has 3 N–H and O–H groups in total. The first-order valence-electron chi connectivity index (χ1n) is 6.06. The van der Waals surface area contributed by atoms with Crippen molar-refractivity contribution in [1.29, 1.82) is 0 Å². The van der Waals surface area contributed by atoms with Gasteiger partial charge in [0.1, 0.15) is 6.54 Å². The van der Waals surface area contributed by atoms with Gasteiger partial charge in [-0.1, -0.05) is 6.07 Å². The molecule has 20 heavy (non-hydrogen) atoms. The van der Waals surface area contributed by atoms with E-state index in [9.17, 15) is 14.7 Å². The number of fused-ring (bicyclic) bond motifs is 1. The van der Waals surface area contributed by atoms with Gasteiger partial charge in [0.15, 0.2) is 0 Å². The van der Waals surface area contributed by atoms with Crippen LogP contribution in [0.5, 0.6) is 0 Å². The SMILES string of the molecule is CC(O)c1ccc2nccc(C(=O)NCC(=O)O)c2c1. The minimum absolute atomic E-state index is 0.332. The lowest BCUT2D eigenvalue weighted by Crippen LogP contribution is -2.29. The Bertz CT molecular complexity index is 667. The van der Waals surface area contributed by atoms with Crippen molar-refractivity contribution >= 4 is 22.8 Å². The summed E-state index contributed by atoms with van der Waals surface area (Å²) in [5, 5.41) is 21.1. The summed E-state index contributed by atoms with van der Waals surface area (Å²) in [6.45, 7) is 1.18. The number of aromatic nitrogens is 1. The Morgan fingerprint density at radius 2 is 2.10 bits per heavy atom. The number of carboxylic acids is 1. The third kappa shape index (κ3) is 2.92. The molecule has 0 aliphatic rings. The van der Waals surface area contributed by atoms with E-state index in [0.717, 1.165) is 0 Å². The van der Waals surface area contributed by atoms with Crippen LogP contribution in [0.25, 0.3) is 10.9 Å². The zero-order valence-electron chi connectivity index (χ0n) is 10.8. The minimum atomic E-state index is -1.11. The predicted octanol–water partition coefficient (Wildman–Crippen LogP) is 1.10. The van der Waals surface area contributed by atoms with Gasteiger partial charge in [-0.25, -0.2) is 0 Å². The van der Waals surface area contributed by atoms with Gasteiger partial charge in [0, 0.05) is 11.6 Å². The summed E-state index contributed by atoms with van der Waals surface area (Å²) in [6, 6.07) is 6.65. The summed E-state index contributed by atoms with van der Waals surface area (Å²) < 4.78 is 0. The fourth-order valence-corrected chi connectivity index (χ4v) is 1.87. The van der Waals surface area contributed by atoms with E-state index in [-0.39, 0.29) is 0 Å². The first kappa shape index (κ1) is 14.0. The molecular formula is C14H14N2O4. The van der Waals surface area contributed by atoms with Crippen LogP contribution in [0.15, 0.2) is 30.5 Å². The number of amides is 1. The summed E-state index contributed by atoms with van der Waals surface area (Å²) in [6.07, 6.45) is 0.828. The van der Waals surface area contributed by atoms with Crippen LogP contribution >= 0.6 is 0 Å². The molecule has 1 aromatic carbocycles. The van der Waals surface area contributed by atoms with Crippen LogP contribution in [0, 0.1) is 0 Å². The average Bonchev–Trinajstić information content (AvgIpc) is 2.43. The number of carbonyl (C=O) groups excluding carboxylic acids is 1. The molecule has 2 aromatic rings. The molecule has 0 saturated heterocycles. The van der Waals surface area contributed by atoms with Crippen molar-refractivity contribution in [2.75, 3.05) is 6.54 Å². The summed E-state index contributed by atoms with van der Waals surface area (Å²) in [7, 11) is 0. The van der Waals surface area contributed by atoms with E-state index >= 15 is 0 Å². The number of hydrogen-bond acceptors (Lipinski definition) is 4. The first-order valence-corrected chi connectivity index (χ1v) is 6.06. The van der Waals surface area contributed by atoms with Crippen molar-refractivity contribution in [3.63, 3.8) is 0 Å². The largest absolute Gasteiger partial charge is 0.480 e. The van der Waals surface area contributed by atoms with Gasteiger partial charge in [-0.2, -0.15) is 0 Å². The van der Waals surface area contributed by atoms with Gasteiger partial charge >= 0.3 is 5.97 Å². The van der Waals surface area contributed by atoms with Gasteiger partial charge < -0.3 is 15.5 Å². The number of nitrogens with zero attached hydrogens (tertiary/aromatic N) is 1. The maximum atomic E-state index is 12.0. The molecule has 0 fully saturated rings. The maximum Gasteiger partial charge on any atom is 0.322 e. The molecule has 1 unspecified atom stereocenters. The molecule has 1 heterocycles. The summed E-state index contributed by atoms with van der Waals surface area (Å²) >= 11 is 0. The van der Waals surface area contributed by atoms with Crippen LogP contribution in [0.2, 0.25) is 0 Å². The minimum Gasteiger partial charge on any atom is -0.480 e. The molecule has 0 radical (unpaired) electrons. The molecule has 1 amide bonds. The number of aliphatic carboxylic acids is 1. The normalized spacial score (nSPS) is 12.1. The van der Waals surface area contributed by atoms with E-state index in [4.69, 9.17) is 5.11 Å². The van der Waals surface area contributed by atoms with Crippen molar-refractivity contribution in [2.45, 2.75) is 13.0 Å². The Morgan fingerprint density at radius 3 is 2.75 bits per heavy atom. The molecule has 0 saturated carbocycles. The smallest absolute Gasteiger partial charge is 0.322 e. The second-order valence-corrected chi connectivity index (χ2v) is 4.39. The highest BCUT2D eigenvalue weighted by Crippen LogP contribution is 2.22. The average molecular weight is 274 g/mol. The summed E-state index contributed by atoms with van der Waals surface area (Å²) in [5.74, 6) is -1.59. The highest BCUT2D eigenvalue weighted by Gasteiger charge is 2.13. The number of rotatable bonds is 4. The fraction of sp³-hybridized carbons (Fsp3) is 0.214. The molecule has 1 aromatic heterocycles. The lowest BCUT2D eigenvalue weighted by atomic mass is 10.0. The molecule has 0 spiro atoms.